The normalized spacial score (nSPS) is 13.7. The van der Waals surface area contributed by atoms with E-state index >= 15 is 0 Å². The number of aromatic nitrogens is 2. The van der Waals surface area contributed by atoms with Crippen molar-refractivity contribution in [3.05, 3.63) is 18.2 Å². The molecular formula is C18H28N6O7. The minimum atomic E-state index is -1.64. The van der Waals surface area contributed by atoms with Gasteiger partial charge < -0.3 is 36.9 Å². The smallest absolute Gasteiger partial charge is 0.326 e. The van der Waals surface area contributed by atoms with Gasteiger partial charge in [-0.25, -0.2) is 9.78 Å². The first kappa shape index (κ1) is 25.6. The lowest BCUT2D eigenvalue weighted by atomic mass is 10.0. The van der Waals surface area contributed by atoms with Gasteiger partial charge in [0.2, 0.25) is 17.7 Å². The molecule has 3 unspecified atom stereocenters. The summed E-state index contributed by atoms with van der Waals surface area (Å²) >= 11 is 0. The van der Waals surface area contributed by atoms with Crippen LogP contribution in [0.5, 0.6) is 0 Å². The minimum absolute atomic E-state index is 0.0460. The summed E-state index contributed by atoms with van der Waals surface area (Å²) < 4.78 is 0. The highest BCUT2D eigenvalue weighted by Crippen LogP contribution is 2.05. The number of imidazole rings is 1. The Morgan fingerprint density at radius 3 is 2.29 bits per heavy atom. The van der Waals surface area contributed by atoms with Gasteiger partial charge in [-0.15, -0.1) is 0 Å². The molecular weight excluding hydrogens is 412 g/mol. The first-order valence-electron chi connectivity index (χ1n) is 9.54. The van der Waals surface area contributed by atoms with Crippen LogP contribution in [0.4, 0.5) is 0 Å². The number of nitrogens with zero attached hydrogens (tertiary/aromatic N) is 1. The van der Waals surface area contributed by atoms with Crippen LogP contribution in [0.2, 0.25) is 0 Å². The van der Waals surface area contributed by atoms with E-state index in [4.69, 9.17) is 15.9 Å². The predicted octanol–water partition coefficient (Wildman–Crippen LogP) is -2.03. The highest BCUT2D eigenvalue weighted by Gasteiger charge is 2.27. The largest absolute Gasteiger partial charge is 0.481 e. The first-order chi connectivity index (χ1) is 14.5. The third-order valence-electron chi connectivity index (χ3n) is 4.11. The first-order valence-corrected chi connectivity index (χ1v) is 9.54. The van der Waals surface area contributed by atoms with Crippen LogP contribution < -0.4 is 21.7 Å². The summed E-state index contributed by atoms with van der Waals surface area (Å²) in [6, 6.07) is -3.54. The number of H-pyrrole nitrogens is 1. The molecule has 0 aliphatic heterocycles. The fourth-order valence-electron chi connectivity index (χ4n) is 2.63. The Bertz CT molecular complexity index is 780. The van der Waals surface area contributed by atoms with Crippen LogP contribution in [0.15, 0.2) is 12.5 Å². The summed E-state index contributed by atoms with van der Waals surface area (Å²) in [4.78, 5) is 65.2. The SMILES string of the molecule is CC(C)CC(N)C(=O)NC(Cc1cnc[nH]1)C(=O)NCC(=O)NC(CC(=O)O)C(=O)O. The number of rotatable bonds is 13. The van der Waals surface area contributed by atoms with Crippen molar-refractivity contribution in [2.45, 2.75) is 51.2 Å². The number of carbonyl (C=O) groups is 5. The molecule has 1 aromatic rings. The molecule has 1 rings (SSSR count). The summed E-state index contributed by atoms with van der Waals surface area (Å²) in [6.07, 6.45) is 2.51. The fourth-order valence-corrected chi connectivity index (χ4v) is 2.63. The molecule has 0 bridgehead atoms. The van der Waals surface area contributed by atoms with E-state index in [9.17, 15) is 24.0 Å². The minimum Gasteiger partial charge on any atom is -0.481 e. The van der Waals surface area contributed by atoms with Crippen molar-refractivity contribution in [1.29, 1.82) is 0 Å². The molecule has 13 nitrogen and oxygen atoms in total. The van der Waals surface area contributed by atoms with E-state index in [0.717, 1.165) is 0 Å². The van der Waals surface area contributed by atoms with Crippen molar-refractivity contribution in [1.82, 2.24) is 25.9 Å². The number of hydrogen-bond acceptors (Lipinski definition) is 7. The third-order valence-corrected chi connectivity index (χ3v) is 4.11. The second-order valence-corrected chi connectivity index (χ2v) is 7.35. The zero-order chi connectivity index (χ0) is 23.6. The standard InChI is InChI=1S/C18H28N6O7/c1-9(2)3-11(19)16(28)24-12(4-10-6-20-8-22-10)17(29)21-7-14(25)23-13(18(30)31)5-15(26)27/h6,8-9,11-13H,3-5,7,19H2,1-2H3,(H,20,22)(H,21,29)(H,23,25)(H,24,28)(H,26,27)(H,30,31). The van der Waals surface area contributed by atoms with Crippen LogP contribution in [0.1, 0.15) is 32.4 Å². The molecule has 1 heterocycles. The number of carbonyl (C=O) groups excluding carboxylic acids is 3. The molecule has 8 N–H and O–H groups in total. The molecule has 3 atom stereocenters. The van der Waals surface area contributed by atoms with Gasteiger partial charge in [-0.3, -0.25) is 19.2 Å². The molecule has 31 heavy (non-hydrogen) atoms. The average Bonchev–Trinajstić information content (AvgIpc) is 3.17. The lowest BCUT2D eigenvalue weighted by Crippen LogP contribution is -2.54. The molecule has 0 aromatic carbocycles. The van der Waals surface area contributed by atoms with Crippen molar-refractivity contribution in [3.8, 4) is 0 Å². The Morgan fingerprint density at radius 1 is 1.10 bits per heavy atom. The molecule has 0 spiro atoms. The van der Waals surface area contributed by atoms with E-state index in [1.807, 2.05) is 19.2 Å². The number of carboxylic acid groups (broad SMARTS) is 2. The number of nitrogens with one attached hydrogen (secondary N) is 4. The predicted molar refractivity (Wildman–Crippen MR) is 106 cm³/mol. The Morgan fingerprint density at radius 2 is 1.77 bits per heavy atom. The maximum absolute atomic E-state index is 12.6. The van der Waals surface area contributed by atoms with Gasteiger partial charge in [-0.2, -0.15) is 0 Å². The Kier molecular flexibility index (Phi) is 10.1. The Balaban J connectivity index is 2.73. The number of aliphatic carboxylic acids is 2. The molecule has 0 aliphatic rings. The molecule has 172 valence electrons. The van der Waals surface area contributed by atoms with Gasteiger partial charge >= 0.3 is 11.9 Å². The monoisotopic (exact) mass is 440 g/mol. The van der Waals surface area contributed by atoms with Crippen LogP contribution >= 0.6 is 0 Å². The number of hydrogen-bond donors (Lipinski definition) is 7. The van der Waals surface area contributed by atoms with E-state index in [1.165, 1.54) is 12.5 Å². The topological polar surface area (TPSA) is 217 Å². The summed E-state index contributed by atoms with van der Waals surface area (Å²) in [7, 11) is 0. The number of nitrogens with two attached hydrogens (primary N) is 1. The fraction of sp³-hybridized carbons (Fsp3) is 0.556. The summed E-state index contributed by atoms with van der Waals surface area (Å²) in [5.41, 5.74) is 6.40. The van der Waals surface area contributed by atoms with Crippen LogP contribution in [-0.4, -0.2) is 74.5 Å². The van der Waals surface area contributed by atoms with Crippen LogP contribution in [0.3, 0.4) is 0 Å². The van der Waals surface area contributed by atoms with Crippen LogP contribution in [0.25, 0.3) is 0 Å². The van der Waals surface area contributed by atoms with Gasteiger partial charge in [0.1, 0.15) is 12.1 Å². The lowest BCUT2D eigenvalue weighted by molar-refractivity contribution is -0.147. The van der Waals surface area contributed by atoms with E-state index in [0.29, 0.717) is 12.1 Å². The van der Waals surface area contributed by atoms with Crippen molar-refractivity contribution in [3.63, 3.8) is 0 Å². The molecule has 1 aromatic heterocycles. The average molecular weight is 440 g/mol. The molecule has 3 amide bonds. The van der Waals surface area contributed by atoms with Crippen LogP contribution in [0, 0.1) is 5.92 Å². The zero-order valence-electron chi connectivity index (χ0n) is 17.3. The van der Waals surface area contributed by atoms with Crippen molar-refractivity contribution in [2.24, 2.45) is 11.7 Å². The van der Waals surface area contributed by atoms with Crippen molar-refractivity contribution in [2.75, 3.05) is 6.54 Å². The van der Waals surface area contributed by atoms with E-state index < -0.39 is 60.8 Å². The summed E-state index contributed by atoms with van der Waals surface area (Å²) in [5.74, 6) is -4.91. The third kappa shape index (κ3) is 9.71. The Hall–Kier alpha value is -3.48. The van der Waals surface area contributed by atoms with Gasteiger partial charge in [0.25, 0.3) is 0 Å². The maximum Gasteiger partial charge on any atom is 0.326 e. The molecule has 0 aliphatic carbocycles. The van der Waals surface area contributed by atoms with Gasteiger partial charge in [-0.05, 0) is 12.3 Å². The zero-order valence-corrected chi connectivity index (χ0v) is 17.3. The van der Waals surface area contributed by atoms with E-state index in [-0.39, 0.29) is 12.3 Å². The van der Waals surface area contributed by atoms with Crippen LogP contribution in [-0.2, 0) is 30.4 Å². The number of carboxylic acids is 2. The van der Waals surface area contributed by atoms with Gasteiger partial charge in [-0.1, -0.05) is 13.8 Å². The second-order valence-electron chi connectivity index (χ2n) is 7.35. The van der Waals surface area contributed by atoms with Crippen molar-refractivity contribution >= 4 is 29.7 Å². The molecule has 13 heteroatoms. The van der Waals surface area contributed by atoms with Gasteiger partial charge in [0, 0.05) is 18.3 Å². The number of aromatic amines is 1. The lowest BCUT2D eigenvalue weighted by Gasteiger charge is -2.21. The van der Waals surface area contributed by atoms with E-state index in [1.54, 1.807) is 0 Å². The quantitative estimate of drug-likeness (QED) is 0.180. The van der Waals surface area contributed by atoms with Gasteiger partial charge in [0.05, 0.1) is 25.3 Å². The molecule has 0 saturated heterocycles. The maximum atomic E-state index is 12.6. The molecule has 0 radical (unpaired) electrons. The second kappa shape index (κ2) is 12.3. The Labute approximate surface area is 178 Å². The van der Waals surface area contributed by atoms with Gasteiger partial charge in [0.15, 0.2) is 0 Å². The highest BCUT2D eigenvalue weighted by molar-refractivity contribution is 5.93. The summed E-state index contributed by atoms with van der Waals surface area (Å²) in [5, 5.41) is 24.5. The van der Waals surface area contributed by atoms with Crippen molar-refractivity contribution < 1.29 is 34.2 Å². The molecule has 0 saturated carbocycles. The number of amides is 3. The van der Waals surface area contributed by atoms with E-state index in [2.05, 4.69) is 20.6 Å². The molecule has 0 fully saturated rings. The summed E-state index contributed by atoms with van der Waals surface area (Å²) in [6.45, 7) is 3.18. The highest BCUT2D eigenvalue weighted by atomic mass is 16.4.